The molecule has 0 aromatic heterocycles. The van der Waals surface area contributed by atoms with Gasteiger partial charge in [0.05, 0.1) is 17.5 Å². The van der Waals surface area contributed by atoms with Gasteiger partial charge in [-0.05, 0) is 29.8 Å². The van der Waals surface area contributed by atoms with Crippen LogP contribution in [0.2, 0.25) is 0 Å². The second kappa shape index (κ2) is 7.86. The van der Waals surface area contributed by atoms with Gasteiger partial charge >= 0.3 is 5.97 Å². The topological polar surface area (TPSA) is 70.4 Å². The van der Waals surface area contributed by atoms with Crippen LogP contribution in [0.15, 0.2) is 54.6 Å². The molecule has 0 bridgehead atoms. The molecule has 0 unspecified atom stereocenters. The smallest absolute Gasteiger partial charge is 0.330 e. The molecule has 6 heteroatoms. The summed E-state index contributed by atoms with van der Waals surface area (Å²) >= 11 is 1.54. The number of nitriles is 1. The highest BCUT2D eigenvalue weighted by molar-refractivity contribution is 7.99. The fourth-order valence-corrected chi connectivity index (χ4v) is 3.65. The molecule has 1 aliphatic heterocycles. The Morgan fingerprint density at radius 3 is 2.56 bits per heavy atom. The zero-order chi connectivity index (χ0) is 17.6. The number of carbonyl (C=O) groups excluding carboxylic acids is 2. The maximum atomic E-state index is 12.6. The largest absolute Gasteiger partial charge is 0.459 e. The van der Waals surface area contributed by atoms with E-state index in [-0.39, 0.29) is 12.5 Å². The fraction of sp³-hybridized carbons (Fsp3) is 0.211. The molecule has 1 heterocycles. The number of hydrogen-bond acceptors (Lipinski definition) is 5. The number of carbonyl (C=O) groups is 2. The van der Waals surface area contributed by atoms with E-state index in [1.165, 1.54) is 11.8 Å². The highest BCUT2D eigenvalue weighted by Crippen LogP contribution is 2.24. The number of nitrogens with zero attached hydrogens (tertiary/aromatic N) is 2. The number of rotatable bonds is 4. The summed E-state index contributed by atoms with van der Waals surface area (Å²) in [6.07, 6.45) is 0. The van der Waals surface area contributed by atoms with Crippen LogP contribution in [-0.2, 0) is 16.1 Å². The van der Waals surface area contributed by atoms with Crippen molar-refractivity contribution in [1.82, 2.24) is 4.90 Å². The van der Waals surface area contributed by atoms with Gasteiger partial charge in [-0.1, -0.05) is 30.3 Å². The molecular weight excluding hydrogens is 336 g/mol. The first-order chi connectivity index (χ1) is 12.2. The predicted molar refractivity (Wildman–Crippen MR) is 94.7 cm³/mol. The zero-order valence-electron chi connectivity index (χ0n) is 13.4. The molecule has 1 amide bonds. The molecule has 0 N–H and O–H groups in total. The molecule has 1 fully saturated rings. The third kappa shape index (κ3) is 4.01. The van der Waals surface area contributed by atoms with E-state index < -0.39 is 12.0 Å². The van der Waals surface area contributed by atoms with Gasteiger partial charge in [0.1, 0.15) is 12.6 Å². The van der Waals surface area contributed by atoms with E-state index in [9.17, 15) is 9.59 Å². The number of esters is 1. The maximum Gasteiger partial charge on any atom is 0.330 e. The lowest BCUT2D eigenvalue weighted by Crippen LogP contribution is -2.42. The van der Waals surface area contributed by atoms with Gasteiger partial charge in [-0.15, -0.1) is 11.8 Å². The quantitative estimate of drug-likeness (QED) is 0.792. The first-order valence-electron chi connectivity index (χ1n) is 7.78. The predicted octanol–water partition coefficient (Wildman–Crippen LogP) is 2.82. The van der Waals surface area contributed by atoms with E-state index in [4.69, 9.17) is 10.00 Å². The monoisotopic (exact) mass is 352 g/mol. The third-order valence-corrected chi connectivity index (χ3v) is 4.91. The summed E-state index contributed by atoms with van der Waals surface area (Å²) in [6.45, 7) is 0.124. The molecule has 25 heavy (non-hydrogen) atoms. The van der Waals surface area contributed by atoms with Crippen molar-refractivity contribution < 1.29 is 14.3 Å². The Morgan fingerprint density at radius 1 is 1.16 bits per heavy atom. The number of benzene rings is 2. The van der Waals surface area contributed by atoms with Crippen molar-refractivity contribution >= 4 is 23.6 Å². The van der Waals surface area contributed by atoms with Gasteiger partial charge in [0.25, 0.3) is 5.91 Å². The molecular formula is C19H16N2O3S. The Bertz CT molecular complexity index is 800. The van der Waals surface area contributed by atoms with Crippen LogP contribution in [0.25, 0.3) is 0 Å². The van der Waals surface area contributed by atoms with Crippen molar-refractivity contribution in [3.63, 3.8) is 0 Å². The van der Waals surface area contributed by atoms with Gasteiger partial charge in [-0.2, -0.15) is 5.26 Å². The lowest BCUT2D eigenvalue weighted by molar-refractivity contribution is -0.149. The highest BCUT2D eigenvalue weighted by Gasteiger charge is 2.36. The summed E-state index contributed by atoms with van der Waals surface area (Å²) in [5, 5.41) is 8.79. The van der Waals surface area contributed by atoms with E-state index >= 15 is 0 Å². The molecule has 0 spiro atoms. The Morgan fingerprint density at radius 2 is 1.88 bits per heavy atom. The van der Waals surface area contributed by atoms with E-state index in [0.29, 0.717) is 22.8 Å². The van der Waals surface area contributed by atoms with Crippen molar-refractivity contribution in [3.8, 4) is 6.07 Å². The maximum absolute atomic E-state index is 12.6. The molecule has 126 valence electrons. The normalized spacial score (nSPS) is 16.3. The molecule has 2 aromatic rings. The standard InChI is InChI=1S/C19H16N2O3S/c20-10-14-6-8-15(9-7-14)11-24-19(23)17-12-25-13-21(17)18(22)16-4-2-1-3-5-16/h1-9,17H,11-13H2/t17-/m0/s1. The molecule has 1 aliphatic rings. The molecule has 1 atom stereocenters. The van der Waals surface area contributed by atoms with Crippen molar-refractivity contribution in [2.45, 2.75) is 12.6 Å². The molecule has 0 aliphatic carbocycles. The first-order valence-corrected chi connectivity index (χ1v) is 8.94. The lowest BCUT2D eigenvalue weighted by atomic mass is 10.1. The van der Waals surface area contributed by atoms with E-state index in [2.05, 4.69) is 0 Å². The van der Waals surface area contributed by atoms with Gasteiger partial charge in [0.2, 0.25) is 0 Å². The molecule has 0 radical (unpaired) electrons. The molecule has 1 saturated heterocycles. The minimum atomic E-state index is -0.573. The van der Waals surface area contributed by atoms with E-state index in [1.54, 1.807) is 53.4 Å². The van der Waals surface area contributed by atoms with Crippen LogP contribution < -0.4 is 0 Å². The Kier molecular flexibility index (Phi) is 5.36. The number of ether oxygens (including phenoxy) is 1. The van der Waals surface area contributed by atoms with Gasteiger partial charge in [-0.25, -0.2) is 4.79 Å². The summed E-state index contributed by atoms with van der Waals surface area (Å²) in [7, 11) is 0. The number of hydrogen-bond donors (Lipinski definition) is 0. The van der Waals surface area contributed by atoms with Crippen LogP contribution in [0.5, 0.6) is 0 Å². The summed E-state index contributed by atoms with van der Waals surface area (Å²) in [6, 6.07) is 17.3. The molecule has 5 nitrogen and oxygen atoms in total. The highest BCUT2D eigenvalue weighted by atomic mass is 32.2. The lowest BCUT2D eigenvalue weighted by Gasteiger charge is -2.22. The summed E-state index contributed by atoms with van der Waals surface area (Å²) in [5.41, 5.74) is 1.93. The van der Waals surface area contributed by atoms with Crippen molar-refractivity contribution in [2.24, 2.45) is 0 Å². The van der Waals surface area contributed by atoms with Gasteiger partial charge in [0.15, 0.2) is 0 Å². The average molecular weight is 352 g/mol. The Balaban J connectivity index is 1.62. The zero-order valence-corrected chi connectivity index (χ0v) is 14.2. The fourth-order valence-electron chi connectivity index (χ4n) is 2.51. The van der Waals surface area contributed by atoms with Crippen molar-refractivity contribution in [1.29, 1.82) is 5.26 Å². The SMILES string of the molecule is N#Cc1ccc(COC(=O)[C@@H]2CSCN2C(=O)c2ccccc2)cc1. The minimum Gasteiger partial charge on any atom is -0.459 e. The second-order valence-corrected chi connectivity index (χ2v) is 6.57. The van der Waals surface area contributed by atoms with E-state index in [0.717, 1.165) is 5.56 Å². The van der Waals surface area contributed by atoms with Crippen LogP contribution in [0.4, 0.5) is 0 Å². The van der Waals surface area contributed by atoms with Gasteiger partial charge in [-0.3, -0.25) is 4.79 Å². The van der Waals surface area contributed by atoms with Crippen molar-refractivity contribution in [2.75, 3.05) is 11.6 Å². The summed E-state index contributed by atoms with van der Waals surface area (Å²) in [5.74, 6) is 0.444. The molecule has 0 saturated carbocycles. The summed E-state index contributed by atoms with van der Waals surface area (Å²) in [4.78, 5) is 26.5. The summed E-state index contributed by atoms with van der Waals surface area (Å²) < 4.78 is 5.37. The minimum absolute atomic E-state index is 0.124. The average Bonchev–Trinajstić information content (AvgIpc) is 3.16. The molecule has 2 aromatic carbocycles. The number of amides is 1. The van der Waals surface area contributed by atoms with Gasteiger partial charge < -0.3 is 9.64 Å². The van der Waals surface area contributed by atoms with Crippen molar-refractivity contribution in [3.05, 3.63) is 71.3 Å². The Hall–Kier alpha value is -2.78. The van der Waals surface area contributed by atoms with Crippen LogP contribution in [0.3, 0.4) is 0 Å². The Labute approximate surface area is 150 Å². The second-order valence-electron chi connectivity index (χ2n) is 5.57. The van der Waals surface area contributed by atoms with Crippen LogP contribution >= 0.6 is 11.8 Å². The molecule has 3 rings (SSSR count). The number of thioether (sulfide) groups is 1. The van der Waals surface area contributed by atoms with Gasteiger partial charge in [0, 0.05) is 11.3 Å². The van der Waals surface area contributed by atoms with Crippen LogP contribution in [0, 0.1) is 11.3 Å². The third-order valence-electron chi connectivity index (χ3n) is 3.90. The van der Waals surface area contributed by atoms with E-state index in [1.807, 2.05) is 12.1 Å². The van der Waals surface area contributed by atoms with Crippen LogP contribution in [-0.4, -0.2) is 34.4 Å². The van der Waals surface area contributed by atoms with Crippen LogP contribution in [0.1, 0.15) is 21.5 Å². The first kappa shape index (κ1) is 17.1.